The lowest BCUT2D eigenvalue weighted by Gasteiger charge is -2.22. The third kappa shape index (κ3) is 3.87. The lowest BCUT2D eigenvalue weighted by atomic mass is 9.93. The Balaban J connectivity index is 1.87. The number of benzene rings is 1. The van der Waals surface area contributed by atoms with E-state index in [0.29, 0.717) is 12.5 Å². The molecule has 0 bridgehead atoms. The van der Waals surface area contributed by atoms with E-state index in [1.54, 1.807) is 7.11 Å². The SMILES string of the molecule is CCN1CCC(C(CO)COc2cccc(OC)c2)C1. The summed E-state index contributed by atoms with van der Waals surface area (Å²) in [7, 11) is 1.65. The predicted octanol–water partition coefficient (Wildman–Crippen LogP) is 2.02. The first kappa shape index (κ1) is 15.1. The molecule has 2 atom stereocenters. The van der Waals surface area contributed by atoms with Crippen LogP contribution in [0.3, 0.4) is 0 Å². The van der Waals surface area contributed by atoms with E-state index in [1.807, 2.05) is 24.3 Å². The summed E-state index contributed by atoms with van der Waals surface area (Å²) in [6.07, 6.45) is 1.15. The highest BCUT2D eigenvalue weighted by Gasteiger charge is 2.28. The van der Waals surface area contributed by atoms with Gasteiger partial charge in [0.15, 0.2) is 0 Å². The Morgan fingerprint density at radius 1 is 1.40 bits per heavy atom. The maximum atomic E-state index is 9.60. The Kier molecular flexibility index (Phi) is 5.68. The van der Waals surface area contributed by atoms with E-state index in [2.05, 4.69) is 11.8 Å². The van der Waals surface area contributed by atoms with Crippen LogP contribution in [0.1, 0.15) is 13.3 Å². The molecule has 20 heavy (non-hydrogen) atoms. The third-order valence-electron chi connectivity index (χ3n) is 4.16. The zero-order valence-electron chi connectivity index (χ0n) is 12.4. The molecule has 1 fully saturated rings. The molecule has 2 unspecified atom stereocenters. The molecule has 1 aromatic rings. The van der Waals surface area contributed by atoms with Crippen molar-refractivity contribution in [2.75, 3.05) is 40.0 Å². The van der Waals surface area contributed by atoms with Crippen LogP contribution in [0.2, 0.25) is 0 Å². The first-order chi connectivity index (χ1) is 9.76. The Bertz CT molecular complexity index is 410. The normalized spacial score (nSPS) is 20.9. The molecule has 1 saturated heterocycles. The molecule has 0 spiro atoms. The molecule has 0 radical (unpaired) electrons. The first-order valence-electron chi connectivity index (χ1n) is 7.36. The number of aliphatic hydroxyl groups excluding tert-OH is 1. The van der Waals surface area contributed by atoms with Crippen LogP contribution in [0.15, 0.2) is 24.3 Å². The van der Waals surface area contributed by atoms with Crippen LogP contribution in [-0.2, 0) is 0 Å². The molecule has 0 amide bonds. The van der Waals surface area contributed by atoms with Gasteiger partial charge in [0, 0.05) is 25.1 Å². The van der Waals surface area contributed by atoms with Gasteiger partial charge < -0.3 is 19.5 Å². The van der Waals surface area contributed by atoms with Gasteiger partial charge in [0.1, 0.15) is 11.5 Å². The van der Waals surface area contributed by atoms with Crippen molar-refractivity contribution in [3.63, 3.8) is 0 Å². The van der Waals surface area contributed by atoms with E-state index in [9.17, 15) is 5.11 Å². The number of hydrogen-bond donors (Lipinski definition) is 1. The largest absolute Gasteiger partial charge is 0.497 e. The second-order valence-electron chi connectivity index (χ2n) is 5.37. The number of likely N-dealkylation sites (tertiary alicyclic amines) is 1. The maximum absolute atomic E-state index is 9.60. The zero-order valence-corrected chi connectivity index (χ0v) is 12.4. The summed E-state index contributed by atoms with van der Waals surface area (Å²) in [6, 6.07) is 7.61. The molecule has 2 rings (SSSR count). The third-order valence-corrected chi connectivity index (χ3v) is 4.16. The van der Waals surface area contributed by atoms with E-state index in [0.717, 1.165) is 37.6 Å². The van der Waals surface area contributed by atoms with Crippen molar-refractivity contribution >= 4 is 0 Å². The highest BCUT2D eigenvalue weighted by Crippen LogP contribution is 2.26. The molecule has 0 aromatic heterocycles. The van der Waals surface area contributed by atoms with Crippen LogP contribution in [0.25, 0.3) is 0 Å². The average Bonchev–Trinajstić information content (AvgIpc) is 2.97. The molecule has 0 aliphatic carbocycles. The molecule has 1 N–H and O–H groups in total. The van der Waals surface area contributed by atoms with Crippen molar-refractivity contribution < 1.29 is 14.6 Å². The fourth-order valence-electron chi connectivity index (χ4n) is 2.77. The molecule has 112 valence electrons. The molecule has 0 saturated carbocycles. The average molecular weight is 279 g/mol. The quantitative estimate of drug-likeness (QED) is 0.829. The zero-order chi connectivity index (χ0) is 14.4. The number of hydrogen-bond acceptors (Lipinski definition) is 4. The van der Waals surface area contributed by atoms with Crippen molar-refractivity contribution in [2.24, 2.45) is 11.8 Å². The summed E-state index contributed by atoms with van der Waals surface area (Å²) in [6.45, 7) is 6.23. The van der Waals surface area contributed by atoms with E-state index < -0.39 is 0 Å². The highest BCUT2D eigenvalue weighted by atomic mass is 16.5. The standard InChI is InChI=1S/C16H25NO3/c1-3-17-8-7-13(10-17)14(11-18)12-20-16-6-4-5-15(9-16)19-2/h4-6,9,13-14,18H,3,7-8,10-12H2,1-2H3. The minimum absolute atomic E-state index is 0.187. The van der Waals surface area contributed by atoms with Gasteiger partial charge in [-0.25, -0.2) is 0 Å². The van der Waals surface area contributed by atoms with Gasteiger partial charge in [0.2, 0.25) is 0 Å². The van der Waals surface area contributed by atoms with Gasteiger partial charge in [-0.05, 0) is 37.6 Å². The highest BCUT2D eigenvalue weighted by molar-refractivity contribution is 5.32. The predicted molar refractivity (Wildman–Crippen MR) is 79.3 cm³/mol. The van der Waals surface area contributed by atoms with Crippen LogP contribution in [-0.4, -0.2) is 50.0 Å². The number of ether oxygens (including phenoxy) is 2. The van der Waals surface area contributed by atoms with Crippen molar-refractivity contribution in [1.29, 1.82) is 0 Å². The number of aliphatic hydroxyl groups is 1. The van der Waals surface area contributed by atoms with Gasteiger partial charge in [-0.15, -0.1) is 0 Å². The van der Waals surface area contributed by atoms with E-state index in [1.165, 1.54) is 0 Å². The second-order valence-corrected chi connectivity index (χ2v) is 5.37. The summed E-state index contributed by atoms with van der Waals surface area (Å²) in [4.78, 5) is 2.43. The van der Waals surface area contributed by atoms with Crippen LogP contribution in [0, 0.1) is 11.8 Å². The molecular weight excluding hydrogens is 254 g/mol. The molecule has 1 heterocycles. The van der Waals surface area contributed by atoms with Crippen LogP contribution in [0.4, 0.5) is 0 Å². The summed E-state index contributed by atoms with van der Waals surface area (Å²) < 4.78 is 11.0. The molecule has 1 aromatic carbocycles. The summed E-state index contributed by atoms with van der Waals surface area (Å²) in [5, 5.41) is 9.60. The van der Waals surface area contributed by atoms with Gasteiger partial charge in [0.05, 0.1) is 13.7 Å². The van der Waals surface area contributed by atoms with Gasteiger partial charge >= 0.3 is 0 Å². The lowest BCUT2D eigenvalue weighted by Crippen LogP contribution is -2.28. The Labute approximate surface area is 121 Å². The van der Waals surface area contributed by atoms with Gasteiger partial charge in [-0.3, -0.25) is 0 Å². The molecule has 1 aliphatic rings. The van der Waals surface area contributed by atoms with Gasteiger partial charge in [0.25, 0.3) is 0 Å². The molecule has 4 heteroatoms. The van der Waals surface area contributed by atoms with Gasteiger partial charge in [-0.2, -0.15) is 0 Å². The van der Waals surface area contributed by atoms with Gasteiger partial charge in [-0.1, -0.05) is 13.0 Å². The molecule has 4 nitrogen and oxygen atoms in total. The molecular formula is C16H25NO3. The minimum Gasteiger partial charge on any atom is -0.497 e. The lowest BCUT2D eigenvalue weighted by molar-refractivity contribution is 0.119. The Hall–Kier alpha value is -1.26. The van der Waals surface area contributed by atoms with Crippen molar-refractivity contribution in [3.05, 3.63) is 24.3 Å². The van der Waals surface area contributed by atoms with Crippen LogP contribution in [0.5, 0.6) is 11.5 Å². The topological polar surface area (TPSA) is 41.9 Å². The summed E-state index contributed by atoms with van der Waals surface area (Å²) in [5.41, 5.74) is 0. The fourth-order valence-corrected chi connectivity index (χ4v) is 2.77. The van der Waals surface area contributed by atoms with Crippen molar-refractivity contribution in [3.8, 4) is 11.5 Å². The number of nitrogens with zero attached hydrogens (tertiary/aromatic N) is 1. The summed E-state index contributed by atoms with van der Waals surface area (Å²) in [5.74, 6) is 2.33. The maximum Gasteiger partial charge on any atom is 0.123 e. The second kappa shape index (κ2) is 7.50. The number of rotatable bonds is 7. The van der Waals surface area contributed by atoms with E-state index >= 15 is 0 Å². The smallest absolute Gasteiger partial charge is 0.123 e. The Morgan fingerprint density at radius 3 is 2.85 bits per heavy atom. The van der Waals surface area contributed by atoms with Crippen molar-refractivity contribution in [1.82, 2.24) is 4.90 Å². The van der Waals surface area contributed by atoms with E-state index in [-0.39, 0.29) is 12.5 Å². The van der Waals surface area contributed by atoms with Crippen LogP contribution < -0.4 is 9.47 Å². The monoisotopic (exact) mass is 279 g/mol. The first-order valence-corrected chi connectivity index (χ1v) is 7.36. The Morgan fingerprint density at radius 2 is 2.20 bits per heavy atom. The molecule has 1 aliphatic heterocycles. The number of methoxy groups -OCH3 is 1. The minimum atomic E-state index is 0.187. The van der Waals surface area contributed by atoms with Crippen LogP contribution >= 0.6 is 0 Å². The fraction of sp³-hybridized carbons (Fsp3) is 0.625. The van der Waals surface area contributed by atoms with Crippen molar-refractivity contribution in [2.45, 2.75) is 13.3 Å². The summed E-state index contributed by atoms with van der Waals surface area (Å²) >= 11 is 0. The van der Waals surface area contributed by atoms with E-state index in [4.69, 9.17) is 9.47 Å².